The van der Waals surface area contributed by atoms with Gasteiger partial charge in [0.15, 0.2) is 0 Å². The van der Waals surface area contributed by atoms with Crippen LogP contribution >= 0.6 is 0 Å². The Kier molecular flexibility index (Phi) is 3.54. The molecule has 1 N–H and O–H groups in total. The van der Waals surface area contributed by atoms with E-state index in [1.54, 1.807) is 42.5 Å². The highest BCUT2D eigenvalue weighted by atomic mass is 32.2. The Balaban J connectivity index is 1.79. The maximum absolute atomic E-state index is 13.1. The lowest BCUT2D eigenvalue weighted by Gasteiger charge is -2.18. The summed E-state index contributed by atoms with van der Waals surface area (Å²) in [6.45, 7) is 0.0883. The third kappa shape index (κ3) is 2.56. The topological polar surface area (TPSA) is 87.8 Å². The highest BCUT2D eigenvalue weighted by molar-refractivity contribution is 7.92. The van der Waals surface area contributed by atoms with Gasteiger partial charge in [0.1, 0.15) is 5.58 Å². The van der Waals surface area contributed by atoms with Crippen LogP contribution in [0.2, 0.25) is 0 Å². The highest BCUT2D eigenvalue weighted by Crippen LogP contribution is 2.41. The largest absolute Gasteiger partial charge is 0.481 e. The number of hydrogen-bond acceptors (Lipinski definition) is 4. The lowest BCUT2D eigenvalue weighted by Crippen LogP contribution is -2.30. The lowest BCUT2D eigenvalue weighted by molar-refractivity contribution is -0.137. The Labute approximate surface area is 144 Å². The van der Waals surface area contributed by atoms with Crippen LogP contribution in [0.5, 0.6) is 0 Å². The first-order valence-electron chi connectivity index (χ1n) is 7.79. The summed E-state index contributed by atoms with van der Waals surface area (Å²) in [6, 6.07) is 15.6. The number of rotatable bonds is 4. The molecule has 3 aromatic rings. The van der Waals surface area contributed by atoms with Crippen molar-refractivity contribution in [1.29, 1.82) is 0 Å². The first-order valence-corrected chi connectivity index (χ1v) is 9.23. The van der Waals surface area contributed by atoms with E-state index in [2.05, 4.69) is 0 Å². The quantitative estimate of drug-likeness (QED) is 0.775. The fourth-order valence-corrected chi connectivity index (χ4v) is 4.75. The number of carboxylic acid groups (broad SMARTS) is 1. The van der Waals surface area contributed by atoms with Crippen molar-refractivity contribution >= 4 is 32.6 Å². The van der Waals surface area contributed by atoms with E-state index < -0.39 is 16.0 Å². The first-order chi connectivity index (χ1) is 12.0. The SMILES string of the molecule is O=C(O)C[C@@H]1CN(S(=O)(=O)c2cc3ccccc3o2)c2ccccc21. The normalized spacial score (nSPS) is 17.0. The zero-order valence-electron chi connectivity index (χ0n) is 13.1. The van der Waals surface area contributed by atoms with Crippen LogP contribution in [0, 0.1) is 0 Å². The molecule has 0 saturated carbocycles. The number of fused-ring (bicyclic) bond motifs is 2. The zero-order chi connectivity index (χ0) is 17.6. The van der Waals surface area contributed by atoms with E-state index in [1.807, 2.05) is 6.07 Å². The van der Waals surface area contributed by atoms with Crippen molar-refractivity contribution < 1.29 is 22.7 Å². The third-order valence-electron chi connectivity index (χ3n) is 4.40. The summed E-state index contributed by atoms with van der Waals surface area (Å²) in [6.07, 6.45) is -0.122. The fraction of sp³-hybridized carbons (Fsp3) is 0.167. The number of benzene rings is 2. The molecular formula is C18H15NO5S. The van der Waals surface area contributed by atoms with E-state index in [0.717, 1.165) is 5.56 Å². The minimum Gasteiger partial charge on any atom is -0.481 e. The summed E-state index contributed by atoms with van der Waals surface area (Å²) in [5.74, 6) is -1.34. The molecule has 0 fully saturated rings. The van der Waals surface area contributed by atoms with Crippen LogP contribution in [-0.2, 0) is 14.8 Å². The van der Waals surface area contributed by atoms with Gasteiger partial charge >= 0.3 is 5.97 Å². The smallest absolute Gasteiger partial charge is 0.304 e. The Morgan fingerprint density at radius 3 is 2.64 bits per heavy atom. The van der Waals surface area contributed by atoms with Crippen molar-refractivity contribution in [3.8, 4) is 0 Å². The third-order valence-corrected chi connectivity index (χ3v) is 6.04. The summed E-state index contributed by atoms with van der Waals surface area (Å²) in [5, 5.41) is 9.68. The summed E-state index contributed by atoms with van der Waals surface area (Å²) in [7, 11) is -3.91. The van der Waals surface area contributed by atoms with Crippen molar-refractivity contribution in [3.63, 3.8) is 0 Å². The number of anilines is 1. The maximum Gasteiger partial charge on any atom is 0.304 e. The predicted octanol–water partition coefficient (Wildman–Crippen LogP) is 3.20. The van der Waals surface area contributed by atoms with E-state index in [9.17, 15) is 13.2 Å². The monoisotopic (exact) mass is 357 g/mol. The molecule has 0 saturated heterocycles. The molecule has 25 heavy (non-hydrogen) atoms. The molecule has 0 radical (unpaired) electrons. The van der Waals surface area contributed by atoms with E-state index in [0.29, 0.717) is 16.7 Å². The summed E-state index contributed by atoms with van der Waals surface area (Å²) in [5.41, 5.74) is 1.73. The van der Waals surface area contributed by atoms with Crippen molar-refractivity contribution in [3.05, 3.63) is 60.2 Å². The molecule has 1 aliphatic heterocycles. The van der Waals surface area contributed by atoms with Gasteiger partial charge in [0.2, 0.25) is 5.09 Å². The average molecular weight is 357 g/mol. The standard InChI is InChI=1S/C18H15NO5S/c20-17(21)9-13-11-19(15-7-3-2-6-14(13)15)25(22,23)18-10-12-5-1-4-8-16(12)24-18/h1-8,10,13H,9,11H2,(H,20,21)/t13-/m1/s1. The van der Waals surface area contributed by atoms with Gasteiger partial charge in [0, 0.05) is 23.9 Å². The minimum absolute atomic E-state index is 0.0883. The first kappa shape index (κ1) is 15.7. The van der Waals surface area contributed by atoms with Crippen molar-refractivity contribution in [1.82, 2.24) is 0 Å². The van der Waals surface area contributed by atoms with Crippen LogP contribution < -0.4 is 4.31 Å². The molecule has 1 aromatic heterocycles. The summed E-state index contributed by atoms with van der Waals surface area (Å²) >= 11 is 0. The Bertz CT molecular complexity index is 1040. The fourth-order valence-electron chi connectivity index (χ4n) is 3.26. The number of para-hydroxylation sites is 2. The van der Waals surface area contributed by atoms with Crippen molar-refractivity contribution in [2.45, 2.75) is 17.4 Å². The molecule has 0 amide bonds. The molecule has 2 heterocycles. The van der Waals surface area contributed by atoms with E-state index in [4.69, 9.17) is 9.52 Å². The molecule has 2 aromatic carbocycles. The Hall–Kier alpha value is -2.80. The summed E-state index contributed by atoms with van der Waals surface area (Å²) in [4.78, 5) is 11.1. The molecule has 0 aliphatic carbocycles. The van der Waals surface area contributed by atoms with Crippen LogP contribution in [0.3, 0.4) is 0 Å². The Morgan fingerprint density at radius 2 is 1.88 bits per heavy atom. The van der Waals surface area contributed by atoms with Crippen LogP contribution in [0.25, 0.3) is 11.0 Å². The van der Waals surface area contributed by atoms with Crippen LogP contribution in [0.15, 0.2) is 64.1 Å². The second-order valence-corrected chi connectivity index (χ2v) is 7.79. The van der Waals surface area contributed by atoms with Crippen LogP contribution in [0.4, 0.5) is 5.69 Å². The summed E-state index contributed by atoms with van der Waals surface area (Å²) < 4.78 is 32.9. The molecule has 1 aliphatic rings. The average Bonchev–Trinajstić information content (AvgIpc) is 3.17. The van der Waals surface area contributed by atoms with Crippen molar-refractivity contribution in [2.75, 3.05) is 10.8 Å². The van der Waals surface area contributed by atoms with Gasteiger partial charge in [0.25, 0.3) is 10.0 Å². The second-order valence-electron chi connectivity index (χ2n) is 5.99. The molecule has 0 spiro atoms. The maximum atomic E-state index is 13.1. The van der Waals surface area contributed by atoms with Crippen molar-refractivity contribution in [2.24, 2.45) is 0 Å². The molecular weight excluding hydrogens is 342 g/mol. The molecule has 6 nitrogen and oxygen atoms in total. The number of sulfonamides is 1. The molecule has 0 unspecified atom stereocenters. The van der Waals surface area contributed by atoms with Crippen LogP contribution in [-0.4, -0.2) is 26.0 Å². The van der Waals surface area contributed by atoms with Gasteiger partial charge in [-0.1, -0.05) is 36.4 Å². The molecule has 1 atom stereocenters. The van der Waals surface area contributed by atoms with Gasteiger partial charge in [-0.2, -0.15) is 8.42 Å². The number of furan rings is 1. The van der Waals surface area contributed by atoms with Gasteiger partial charge in [-0.3, -0.25) is 9.10 Å². The second kappa shape index (κ2) is 5.63. The van der Waals surface area contributed by atoms with E-state index in [1.165, 1.54) is 10.4 Å². The van der Waals surface area contributed by atoms with Gasteiger partial charge in [-0.25, -0.2) is 0 Å². The molecule has 0 bridgehead atoms. The number of carboxylic acids is 1. The van der Waals surface area contributed by atoms with Gasteiger partial charge in [0.05, 0.1) is 12.1 Å². The molecule has 128 valence electrons. The number of carbonyl (C=O) groups is 1. The highest BCUT2D eigenvalue weighted by Gasteiger charge is 2.38. The van der Waals surface area contributed by atoms with Gasteiger partial charge in [-0.15, -0.1) is 0 Å². The number of aliphatic carboxylic acids is 1. The van der Waals surface area contributed by atoms with Gasteiger partial charge < -0.3 is 9.52 Å². The van der Waals surface area contributed by atoms with E-state index >= 15 is 0 Å². The molecule has 7 heteroatoms. The number of hydrogen-bond donors (Lipinski definition) is 1. The number of nitrogens with zero attached hydrogens (tertiary/aromatic N) is 1. The van der Waals surface area contributed by atoms with E-state index in [-0.39, 0.29) is 24.0 Å². The minimum atomic E-state index is -3.91. The predicted molar refractivity (Wildman–Crippen MR) is 92.2 cm³/mol. The Morgan fingerprint density at radius 1 is 1.16 bits per heavy atom. The lowest BCUT2D eigenvalue weighted by atomic mass is 9.98. The van der Waals surface area contributed by atoms with Gasteiger partial charge in [-0.05, 0) is 17.7 Å². The van der Waals surface area contributed by atoms with Crippen LogP contribution in [0.1, 0.15) is 17.9 Å². The zero-order valence-corrected chi connectivity index (χ0v) is 13.9. The molecule has 4 rings (SSSR count).